The Morgan fingerprint density at radius 2 is 1.58 bits per heavy atom. The van der Waals surface area contributed by atoms with E-state index >= 15 is 0 Å². The number of sulfonamides is 1. The number of hydrogen-bond acceptors (Lipinski definition) is 6. The van der Waals surface area contributed by atoms with Crippen LogP contribution >= 0.6 is 0 Å². The quantitative estimate of drug-likeness (QED) is 0.312. The van der Waals surface area contributed by atoms with Gasteiger partial charge in [0.25, 0.3) is 10.0 Å². The number of ether oxygens (including phenoxy) is 2. The smallest absolute Gasteiger partial charge is 0.264 e. The fourth-order valence-corrected chi connectivity index (χ4v) is 6.61. The SMILES string of the molecule is COc1ccc(S(=O)(=O)N(CC(=O)N(Cc2ccccc2F)[C@@H](C)C(=O)NC2CCCCC2)c2ccccc2OC)cc1. The molecule has 43 heavy (non-hydrogen) atoms. The van der Waals surface area contributed by atoms with E-state index in [4.69, 9.17) is 9.47 Å². The van der Waals surface area contributed by atoms with Crippen LogP contribution in [0.15, 0.2) is 77.7 Å². The fraction of sp³-hybridized carbons (Fsp3) is 0.375. The minimum Gasteiger partial charge on any atom is -0.497 e. The van der Waals surface area contributed by atoms with Crippen molar-refractivity contribution in [2.75, 3.05) is 25.1 Å². The van der Waals surface area contributed by atoms with Crippen LogP contribution in [0.3, 0.4) is 0 Å². The molecule has 11 heteroatoms. The van der Waals surface area contributed by atoms with Crippen molar-refractivity contribution < 1.29 is 31.9 Å². The highest BCUT2D eigenvalue weighted by Crippen LogP contribution is 2.33. The van der Waals surface area contributed by atoms with Gasteiger partial charge in [-0.05, 0) is 62.2 Å². The number of para-hydroxylation sites is 2. The van der Waals surface area contributed by atoms with E-state index in [1.807, 2.05) is 0 Å². The Morgan fingerprint density at radius 3 is 2.23 bits per heavy atom. The van der Waals surface area contributed by atoms with E-state index in [0.29, 0.717) is 5.75 Å². The second kappa shape index (κ2) is 14.4. The number of carbonyl (C=O) groups is 2. The maximum Gasteiger partial charge on any atom is 0.264 e. The molecular formula is C32H38FN3O6S. The van der Waals surface area contributed by atoms with Gasteiger partial charge < -0.3 is 19.7 Å². The molecular weight excluding hydrogens is 573 g/mol. The van der Waals surface area contributed by atoms with Crippen LogP contribution in [0, 0.1) is 5.82 Å². The second-order valence-electron chi connectivity index (χ2n) is 10.5. The molecule has 0 bridgehead atoms. The summed E-state index contributed by atoms with van der Waals surface area (Å²) in [5.74, 6) is -0.896. The number of methoxy groups -OCH3 is 2. The maximum atomic E-state index is 14.8. The lowest BCUT2D eigenvalue weighted by Crippen LogP contribution is -2.53. The standard InChI is InChI=1S/C32H38FN3O6S/c1-23(32(38)34-25-12-5-4-6-13-25)35(21-24-11-7-8-14-28(24)33)31(37)22-36(29-15-9-10-16-30(29)42-3)43(39,40)27-19-17-26(41-2)18-20-27/h7-11,14-20,23,25H,4-6,12-13,21-22H2,1-3H3,(H,34,38)/t23-/m0/s1. The molecule has 4 rings (SSSR count). The molecule has 1 fully saturated rings. The number of halogens is 1. The fourth-order valence-electron chi connectivity index (χ4n) is 5.19. The molecule has 9 nitrogen and oxygen atoms in total. The molecule has 0 aliphatic heterocycles. The molecule has 1 saturated carbocycles. The Labute approximate surface area is 252 Å². The van der Waals surface area contributed by atoms with Crippen LogP contribution < -0.4 is 19.1 Å². The zero-order chi connectivity index (χ0) is 31.0. The van der Waals surface area contributed by atoms with E-state index in [2.05, 4.69) is 5.32 Å². The second-order valence-corrected chi connectivity index (χ2v) is 12.4. The Bertz CT molecular complexity index is 1510. The highest BCUT2D eigenvalue weighted by Gasteiger charge is 2.34. The number of benzene rings is 3. The average molecular weight is 612 g/mol. The summed E-state index contributed by atoms with van der Waals surface area (Å²) in [6.45, 7) is 0.680. The predicted octanol–water partition coefficient (Wildman–Crippen LogP) is 4.90. The van der Waals surface area contributed by atoms with Gasteiger partial charge in [-0.25, -0.2) is 12.8 Å². The first-order valence-corrected chi connectivity index (χ1v) is 15.7. The molecule has 0 aromatic heterocycles. The molecule has 1 atom stereocenters. The van der Waals surface area contributed by atoms with Gasteiger partial charge in [-0.2, -0.15) is 0 Å². The normalized spacial score (nSPS) is 14.4. The van der Waals surface area contributed by atoms with Gasteiger partial charge in [0, 0.05) is 18.2 Å². The van der Waals surface area contributed by atoms with Crippen LogP contribution in [0.25, 0.3) is 0 Å². The number of amides is 2. The van der Waals surface area contributed by atoms with Crippen molar-refractivity contribution in [3.05, 3.63) is 84.2 Å². The van der Waals surface area contributed by atoms with Crippen LogP contribution in [-0.4, -0.2) is 58.0 Å². The van der Waals surface area contributed by atoms with E-state index in [0.717, 1.165) is 36.4 Å². The third-order valence-electron chi connectivity index (χ3n) is 7.70. The lowest BCUT2D eigenvalue weighted by atomic mass is 9.95. The lowest BCUT2D eigenvalue weighted by Gasteiger charge is -2.33. The molecule has 0 radical (unpaired) electrons. The Balaban J connectivity index is 1.71. The number of carbonyl (C=O) groups excluding carboxylic acids is 2. The molecule has 3 aromatic rings. The molecule has 0 spiro atoms. The molecule has 0 unspecified atom stereocenters. The zero-order valence-electron chi connectivity index (χ0n) is 24.7. The number of hydrogen-bond donors (Lipinski definition) is 1. The maximum absolute atomic E-state index is 14.8. The summed E-state index contributed by atoms with van der Waals surface area (Å²) in [4.78, 5) is 28.7. The molecule has 2 amide bonds. The minimum atomic E-state index is -4.31. The van der Waals surface area contributed by atoms with Crippen LogP contribution in [0.2, 0.25) is 0 Å². The number of rotatable bonds is 12. The van der Waals surface area contributed by atoms with Crippen molar-refractivity contribution in [3.63, 3.8) is 0 Å². The third kappa shape index (κ3) is 7.64. The summed E-state index contributed by atoms with van der Waals surface area (Å²) in [7, 11) is -1.44. The van der Waals surface area contributed by atoms with Gasteiger partial charge in [-0.1, -0.05) is 49.6 Å². The van der Waals surface area contributed by atoms with Gasteiger partial charge in [0.05, 0.1) is 24.8 Å². The van der Waals surface area contributed by atoms with Gasteiger partial charge in [-0.15, -0.1) is 0 Å². The topological polar surface area (TPSA) is 105 Å². The molecule has 1 aliphatic carbocycles. The summed E-state index contributed by atoms with van der Waals surface area (Å²) in [5.41, 5.74) is 0.342. The van der Waals surface area contributed by atoms with Crippen LogP contribution in [-0.2, 0) is 26.2 Å². The summed E-state index contributed by atoms with van der Waals surface area (Å²) < 4.78 is 54.5. The Kier molecular flexibility index (Phi) is 10.6. The van der Waals surface area contributed by atoms with Crippen LogP contribution in [0.4, 0.5) is 10.1 Å². The van der Waals surface area contributed by atoms with Crippen molar-refractivity contribution in [2.24, 2.45) is 0 Å². The molecule has 230 valence electrons. The van der Waals surface area contributed by atoms with Crippen molar-refractivity contribution in [1.29, 1.82) is 0 Å². The first-order valence-electron chi connectivity index (χ1n) is 14.3. The first-order chi connectivity index (χ1) is 20.6. The Morgan fingerprint density at radius 1 is 0.930 bits per heavy atom. The highest BCUT2D eigenvalue weighted by molar-refractivity contribution is 7.92. The minimum absolute atomic E-state index is 0.00496. The molecule has 3 aromatic carbocycles. The van der Waals surface area contributed by atoms with Crippen molar-refractivity contribution in [1.82, 2.24) is 10.2 Å². The number of nitrogens with one attached hydrogen (secondary N) is 1. The first kappa shape index (κ1) is 31.8. The van der Waals surface area contributed by atoms with Crippen LogP contribution in [0.5, 0.6) is 11.5 Å². The lowest BCUT2D eigenvalue weighted by molar-refractivity contribution is -0.139. The summed E-state index contributed by atoms with van der Waals surface area (Å²) >= 11 is 0. The van der Waals surface area contributed by atoms with E-state index in [-0.39, 0.29) is 40.4 Å². The average Bonchev–Trinajstić information content (AvgIpc) is 3.03. The van der Waals surface area contributed by atoms with Crippen LogP contribution in [0.1, 0.15) is 44.6 Å². The van der Waals surface area contributed by atoms with E-state index in [9.17, 15) is 22.4 Å². The molecule has 0 saturated heterocycles. The van der Waals surface area contributed by atoms with Crippen molar-refractivity contribution in [2.45, 2.75) is 62.6 Å². The number of nitrogens with zero attached hydrogens (tertiary/aromatic N) is 2. The summed E-state index contributed by atoms with van der Waals surface area (Å²) in [6, 6.07) is 17.2. The predicted molar refractivity (Wildman–Crippen MR) is 162 cm³/mol. The molecule has 1 N–H and O–H groups in total. The van der Waals surface area contributed by atoms with Gasteiger partial charge >= 0.3 is 0 Å². The van der Waals surface area contributed by atoms with Gasteiger partial charge in [0.1, 0.15) is 29.9 Å². The van der Waals surface area contributed by atoms with Gasteiger partial charge in [0.15, 0.2) is 0 Å². The van der Waals surface area contributed by atoms with E-state index in [1.54, 1.807) is 31.2 Å². The molecule has 1 aliphatic rings. The van der Waals surface area contributed by atoms with E-state index in [1.165, 1.54) is 67.7 Å². The zero-order valence-corrected chi connectivity index (χ0v) is 25.5. The molecule has 0 heterocycles. The monoisotopic (exact) mass is 611 g/mol. The largest absolute Gasteiger partial charge is 0.497 e. The van der Waals surface area contributed by atoms with Crippen molar-refractivity contribution in [3.8, 4) is 11.5 Å². The summed E-state index contributed by atoms with van der Waals surface area (Å²) in [5, 5.41) is 3.03. The number of anilines is 1. The summed E-state index contributed by atoms with van der Waals surface area (Å²) in [6.07, 6.45) is 4.83. The van der Waals surface area contributed by atoms with Crippen molar-refractivity contribution >= 4 is 27.5 Å². The Hall–Kier alpha value is -4.12. The third-order valence-corrected chi connectivity index (χ3v) is 9.47. The van der Waals surface area contributed by atoms with Gasteiger partial charge in [0.2, 0.25) is 11.8 Å². The van der Waals surface area contributed by atoms with Gasteiger partial charge in [-0.3, -0.25) is 13.9 Å². The highest BCUT2D eigenvalue weighted by atomic mass is 32.2. The van der Waals surface area contributed by atoms with E-state index < -0.39 is 34.3 Å².